The number of aliphatic hydroxyl groups excluding tert-OH is 1. The normalized spacial score (nSPS) is 26.1. The fourth-order valence-corrected chi connectivity index (χ4v) is 4.22. The maximum atomic E-state index is 12.7. The van der Waals surface area contributed by atoms with Crippen LogP contribution in [0, 0.1) is 5.41 Å². The summed E-state index contributed by atoms with van der Waals surface area (Å²) in [6, 6.07) is 0. The molecule has 0 aliphatic carbocycles. The van der Waals surface area contributed by atoms with Crippen LogP contribution in [0.1, 0.15) is 31.2 Å². The van der Waals surface area contributed by atoms with Crippen molar-refractivity contribution in [3.63, 3.8) is 0 Å². The zero-order valence-electron chi connectivity index (χ0n) is 12.4. The van der Waals surface area contributed by atoms with Gasteiger partial charge in [0.05, 0.1) is 12.0 Å². The number of nitrogens with zero attached hydrogens (tertiary/aromatic N) is 4. The third-order valence-electron chi connectivity index (χ3n) is 4.58. The molecule has 2 aliphatic rings. The number of hydrogen-bond acceptors (Lipinski definition) is 6. The number of anilines is 1. The Hall–Kier alpha value is -1.21. The van der Waals surface area contributed by atoms with Crippen LogP contribution in [0.25, 0.3) is 0 Å². The van der Waals surface area contributed by atoms with E-state index in [2.05, 4.69) is 22.0 Å². The maximum Gasteiger partial charge on any atom is 0.230 e. The van der Waals surface area contributed by atoms with Crippen LogP contribution in [0.3, 0.4) is 0 Å². The van der Waals surface area contributed by atoms with Gasteiger partial charge in [0, 0.05) is 26.2 Å². The molecule has 0 radical (unpaired) electrons. The van der Waals surface area contributed by atoms with Crippen molar-refractivity contribution >= 4 is 22.4 Å². The molecule has 6 nitrogen and oxygen atoms in total. The number of rotatable bonds is 4. The molecular formula is C14H22N4O2S. The summed E-state index contributed by atoms with van der Waals surface area (Å²) in [4.78, 5) is 16.8. The average molecular weight is 310 g/mol. The highest BCUT2D eigenvalue weighted by atomic mass is 32.1. The Morgan fingerprint density at radius 2 is 2.19 bits per heavy atom. The summed E-state index contributed by atoms with van der Waals surface area (Å²) in [6.45, 7) is 4.97. The molecule has 2 saturated heterocycles. The van der Waals surface area contributed by atoms with Crippen molar-refractivity contribution in [2.45, 2.75) is 32.6 Å². The predicted molar refractivity (Wildman–Crippen MR) is 81.4 cm³/mol. The molecule has 1 N–H and O–H groups in total. The lowest BCUT2D eigenvalue weighted by molar-refractivity contribution is -0.145. The summed E-state index contributed by atoms with van der Waals surface area (Å²) in [5.74, 6) is 0.213. The molecule has 0 aromatic carbocycles. The van der Waals surface area contributed by atoms with E-state index < -0.39 is 0 Å². The predicted octanol–water partition coefficient (Wildman–Crippen LogP) is 0.912. The first kappa shape index (κ1) is 14.7. The zero-order chi connectivity index (χ0) is 14.9. The topological polar surface area (TPSA) is 69.6 Å². The van der Waals surface area contributed by atoms with Crippen molar-refractivity contribution in [3.8, 4) is 0 Å². The Kier molecular flexibility index (Phi) is 4.12. The Labute approximate surface area is 128 Å². The van der Waals surface area contributed by atoms with E-state index >= 15 is 0 Å². The molecule has 0 bridgehead atoms. The molecule has 2 fully saturated rings. The number of carbonyl (C=O) groups excluding carboxylic acids is 1. The smallest absolute Gasteiger partial charge is 0.230 e. The molecule has 1 spiro atoms. The molecule has 21 heavy (non-hydrogen) atoms. The van der Waals surface area contributed by atoms with Crippen LogP contribution in [-0.2, 0) is 11.2 Å². The number of aliphatic hydroxyl groups is 1. The molecule has 1 unspecified atom stereocenters. The van der Waals surface area contributed by atoms with Crippen LogP contribution in [0.4, 0.5) is 5.13 Å². The van der Waals surface area contributed by atoms with Crippen molar-refractivity contribution in [1.29, 1.82) is 0 Å². The third-order valence-corrected chi connectivity index (χ3v) is 5.71. The molecular weight excluding hydrogens is 288 g/mol. The average Bonchev–Trinajstić information content (AvgIpc) is 3.12. The van der Waals surface area contributed by atoms with E-state index in [1.807, 2.05) is 4.90 Å². The van der Waals surface area contributed by atoms with Crippen molar-refractivity contribution in [3.05, 3.63) is 5.01 Å². The van der Waals surface area contributed by atoms with Gasteiger partial charge in [-0.3, -0.25) is 4.79 Å². The molecule has 1 aromatic heterocycles. The van der Waals surface area contributed by atoms with Gasteiger partial charge in [-0.25, -0.2) is 0 Å². The van der Waals surface area contributed by atoms with Gasteiger partial charge in [0.1, 0.15) is 5.01 Å². The van der Waals surface area contributed by atoms with E-state index in [4.69, 9.17) is 5.11 Å². The minimum atomic E-state index is -0.272. The first-order valence-corrected chi connectivity index (χ1v) is 8.48. The second-order valence-corrected chi connectivity index (χ2v) is 6.94. The molecule has 7 heteroatoms. The Morgan fingerprint density at radius 3 is 2.90 bits per heavy atom. The van der Waals surface area contributed by atoms with Crippen molar-refractivity contribution < 1.29 is 9.90 Å². The molecule has 1 aromatic rings. The molecule has 116 valence electrons. The monoisotopic (exact) mass is 310 g/mol. The van der Waals surface area contributed by atoms with E-state index in [-0.39, 0.29) is 17.9 Å². The minimum absolute atomic E-state index is 0.0434. The van der Waals surface area contributed by atoms with Crippen molar-refractivity contribution in [1.82, 2.24) is 15.1 Å². The number of aryl methyl sites for hydroxylation is 1. The number of carbonyl (C=O) groups is 1. The molecule has 1 atom stereocenters. The summed E-state index contributed by atoms with van der Waals surface area (Å²) < 4.78 is 0. The van der Waals surface area contributed by atoms with Gasteiger partial charge in [-0.1, -0.05) is 18.3 Å². The summed E-state index contributed by atoms with van der Waals surface area (Å²) in [5.41, 5.74) is -0.272. The fraction of sp³-hybridized carbons (Fsp3) is 0.786. The van der Waals surface area contributed by atoms with E-state index in [0.717, 1.165) is 55.5 Å². The molecule has 3 rings (SSSR count). The standard InChI is InChI=1S/C14H22N4O2S/c1-2-11-15-16-13(21-11)18-7-5-14(10-18)4-3-6-17(8-9-19)12(14)20/h19H,2-10H2,1H3. The van der Waals surface area contributed by atoms with Crippen LogP contribution in [0.5, 0.6) is 0 Å². The molecule has 1 amide bonds. The number of likely N-dealkylation sites (tertiary alicyclic amines) is 1. The van der Waals surface area contributed by atoms with Crippen molar-refractivity contribution in [2.24, 2.45) is 5.41 Å². The van der Waals surface area contributed by atoms with Crippen LogP contribution in [-0.4, -0.2) is 58.9 Å². The van der Waals surface area contributed by atoms with Gasteiger partial charge in [0.15, 0.2) is 0 Å². The first-order valence-electron chi connectivity index (χ1n) is 7.66. The molecule has 0 saturated carbocycles. The van der Waals surface area contributed by atoms with E-state index in [9.17, 15) is 4.79 Å². The van der Waals surface area contributed by atoms with E-state index in [0.29, 0.717) is 6.54 Å². The summed E-state index contributed by atoms with van der Waals surface area (Å²) in [6.07, 6.45) is 3.76. The highest BCUT2D eigenvalue weighted by molar-refractivity contribution is 7.15. The van der Waals surface area contributed by atoms with Crippen LogP contribution >= 0.6 is 11.3 Å². The lowest BCUT2D eigenvalue weighted by Gasteiger charge is -2.39. The van der Waals surface area contributed by atoms with E-state index in [1.165, 1.54) is 0 Å². The highest BCUT2D eigenvalue weighted by Crippen LogP contribution is 2.42. The minimum Gasteiger partial charge on any atom is -0.395 e. The SMILES string of the molecule is CCc1nnc(N2CCC3(CCCN(CCO)C3=O)C2)s1. The van der Waals surface area contributed by atoms with Gasteiger partial charge in [-0.05, 0) is 25.7 Å². The summed E-state index contributed by atoms with van der Waals surface area (Å²) in [5, 5.41) is 19.5. The van der Waals surface area contributed by atoms with Gasteiger partial charge >= 0.3 is 0 Å². The number of amides is 1. The second kappa shape index (κ2) is 5.88. The number of piperidine rings is 1. The highest BCUT2D eigenvalue weighted by Gasteiger charge is 2.48. The lowest BCUT2D eigenvalue weighted by Crippen LogP contribution is -2.50. The van der Waals surface area contributed by atoms with Crippen LogP contribution in [0.15, 0.2) is 0 Å². The van der Waals surface area contributed by atoms with Crippen molar-refractivity contribution in [2.75, 3.05) is 37.7 Å². The summed E-state index contributed by atoms with van der Waals surface area (Å²) in [7, 11) is 0. The second-order valence-electron chi connectivity index (χ2n) is 5.90. The first-order chi connectivity index (χ1) is 10.2. The largest absolute Gasteiger partial charge is 0.395 e. The number of β-amino-alcohol motifs (C(OH)–C–C–N with tert-alkyl or cyclic N) is 1. The van der Waals surface area contributed by atoms with Gasteiger partial charge in [-0.15, -0.1) is 10.2 Å². The maximum absolute atomic E-state index is 12.7. The fourth-order valence-electron chi connectivity index (χ4n) is 3.42. The van der Waals surface area contributed by atoms with Gasteiger partial charge < -0.3 is 14.9 Å². The van der Waals surface area contributed by atoms with Gasteiger partial charge in [0.2, 0.25) is 11.0 Å². The van der Waals surface area contributed by atoms with Gasteiger partial charge in [0.25, 0.3) is 0 Å². The Morgan fingerprint density at radius 1 is 1.33 bits per heavy atom. The molecule has 3 heterocycles. The molecule has 2 aliphatic heterocycles. The van der Waals surface area contributed by atoms with Gasteiger partial charge in [-0.2, -0.15) is 0 Å². The zero-order valence-corrected chi connectivity index (χ0v) is 13.2. The van der Waals surface area contributed by atoms with Crippen LogP contribution < -0.4 is 4.90 Å². The quantitative estimate of drug-likeness (QED) is 0.895. The summed E-state index contributed by atoms with van der Waals surface area (Å²) >= 11 is 1.63. The van der Waals surface area contributed by atoms with Crippen LogP contribution in [0.2, 0.25) is 0 Å². The Balaban J connectivity index is 1.74. The third kappa shape index (κ3) is 2.64. The lowest BCUT2D eigenvalue weighted by atomic mass is 9.78. The Bertz CT molecular complexity index is 519. The van der Waals surface area contributed by atoms with E-state index in [1.54, 1.807) is 11.3 Å². The number of aromatic nitrogens is 2. The number of hydrogen-bond donors (Lipinski definition) is 1.